The number of amides is 2. The normalized spacial score (nSPS) is 24.8. The van der Waals surface area contributed by atoms with Crippen LogP contribution in [0.5, 0.6) is 0 Å². The summed E-state index contributed by atoms with van der Waals surface area (Å²) in [6, 6.07) is 0.757. The molecular weight excluding hydrogens is 356 g/mol. The van der Waals surface area contributed by atoms with Crippen LogP contribution < -0.4 is 0 Å². The second-order valence-electron chi connectivity index (χ2n) is 7.42. The molecule has 1 aromatic heterocycles. The lowest BCUT2D eigenvalue weighted by molar-refractivity contribution is -0.139. The summed E-state index contributed by atoms with van der Waals surface area (Å²) in [6.07, 6.45) is 1.74. The Morgan fingerprint density at radius 1 is 1.23 bits per heavy atom. The second-order valence-corrected chi connectivity index (χ2v) is 9.58. The molecule has 0 aromatic carbocycles. The molecule has 0 unspecified atom stereocenters. The SMILES string of the molecule is CCCc1cc(C(=O)N2CCN(C(=O)C(C)C)[C@H]3CS(=O)(=O)C[C@H]32)n[nH]1. The summed E-state index contributed by atoms with van der Waals surface area (Å²) in [4.78, 5) is 28.6. The number of hydrogen-bond acceptors (Lipinski definition) is 5. The van der Waals surface area contributed by atoms with Crippen molar-refractivity contribution in [1.29, 1.82) is 0 Å². The molecule has 0 bridgehead atoms. The van der Waals surface area contributed by atoms with Gasteiger partial charge in [-0.05, 0) is 12.5 Å². The van der Waals surface area contributed by atoms with Gasteiger partial charge in [0.25, 0.3) is 5.91 Å². The van der Waals surface area contributed by atoms with Crippen LogP contribution in [0.1, 0.15) is 43.4 Å². The fourth-order valence-electron chi connectivity index (χ4n) is 3.83. The fourth-order valence-corrected chi connectivity index (χ4v) is 5.81. The van der Waals surface area contributed by atoms with Gasteiger partial charge in [0.1, 0.15) is 5.69 Å². The minimum Gasteiger partial charge on any atom is -0.335 e. The standard InChI is InChI=1S/C17H26N4O4S/c1-4-5-12-8-13(19-18-12)17(23)21-7-6-20(16(22)11(2)3)14-9-26(24,25)10-15(14)21/h8,11,14-15H,4-7,9-10H2,1-3H3,(H,18,19)/t14-,15+/m0/s1. The number of rotatable bonds is 4. The van der Waals surface area contributed by atoms with Crippen LogP contribution in [0.25, 0.3) is 0 Å². The summed E-state index contributed by atoms with van der Waals surface area (Å²) >= 11 is 0. The molecule has 2 aliphatic heterocycles. The topological polar surface area (TPSA) is 103 Å². The minimum atomic E-state index is -3.29. The number of fused-ring (bicyclic) bond motifs is 1. The zero-order chi connectivity index (χ0) is 19.1. The molecule has 1 N–H and O–H groups in total. The third-order valence-corrected chi connectivity index (χ3v) is 6.78. The Morgan fingerprint density at radius 3 is 2.46 bits per heavy atom. The Hall–Kier alpha value is -1.90. The molecule has 3 rings (SSSR count). The molecule has 3 heterocycles. The van der Waals surface area contributed by atoms with Crippen LogP contribution in [0.15, 0.2) is 6.07 Å². The quantitative estimate of drug-likeness (QED) is 0.815. The van der Waals surface area contributed by atoms with Gasteiger partial charge >= 0.3 is 0 Å². The summed E-state index contributed by atoms with van der Waals surface area (Å²) in [6.45, 7) is 6.32. The van der Waals surface area contributed by atoms with Crippen LogP contribution in [0, 0.1) is 5.92 Å². The lowest BCUT2D eigenvalue weighted by atomic mass is 10.0. The number of hydrogen-bond donors (Lipinski definition) is 1. The molecular formula is C17H26N4O4S. The maximum absolute atomic E-state index is 12.9. The molecule has 26 heavy (non-hydrogen) atoms. The number of aromatic amines is 1. The van der Waals surface area contributed by atoms with Crippen molar-refractivity contribution in [2.24, 2.45) is 5.92 Å². The van der Waals surface area contributed by atoms with E-state index in [2.05, 4.69) is 10.2 Å². The average Bonchev–Trinajstić information content (AvgIpc) is 3.15. The van der Waals surface area contributed by atoms with E-state index >= 15 is 0 Å². The second kappa shape index (κ2) is 7.02. The van der Waals surface area contributed by atoms with Crippen molar-refractivity contribution in [1.82, 2.24) is 20.0 Å². The number of piperazine rings is 1. The van der Waals surface area contributed by atoms with Gasteiger partial charge in [0, 0.05) is 24.7 Å². The predicted molar refractivity (Wildman–Crippen MR) is 96.4 cm³/mol. The fraction of sp³-hybridized carbons (Fsp3) is 0.706. The molecule has 2 saturated heterocycles. The van der Waals surface area contributed by atoms with Gasteiger partial charge in [0.2, 0.25) is 5.91 Å². The third-order valence-electron chi connectivity index (χ3n) is 5.08. The highest BCUT2D eigenvalue weighted by Crippen LogP contribution is 2.29. The van der Waals surface area contributed by atoms with Gasteiger partial charge in [-0.1, -0.05) is 27.2 Å². The first kappa shape index (κ1) is 18.9. The van der Waals surface area contributed by atoms with E-state index in [4.69, 9.17) is 0 Å². The summed E-state index contributed by atoms with van der Waals surface area (Å²) in [7, 11) is -3.29. The van der Waals surface area contributed by atoms with Crippen molar-refractivity contribution >= 4 is 21.7 Å². The van der Waals surface area contributed by atoms with Gasteiger partial charge in [0.05, 0.1) is 23.6 Å². The highest BCUT2D eigenvalue weighted by molar-refractivity contribution is 7.91. The van der Waals surface area contributed by atoms with Gasteiger partial charge in [-0.2, -0.15) is 5.10 Å². The number of H-pyrrole nitrogens is 1. The maximum atomic E-state index is 12.9. The molecule has 2 amide bonds. The van der Waals surface area contributed by atoms with Crippen LogP contribution in [0.2, 0.25) is 0 Å². The van der Waals surface area contributed by atoms with Crippen LogP contribution in [0.3, 0.4) is 0 Å². The zero-order valence-electron chi connectivity index (χ0n) is 15.4. The lowest BCUT2D eigenvalue weighted by Crippen LogP contribution is -2.62. The van der Waals surface area contributed by atoms with E-state index in [9.17, 15) is 18.0 Å². The maximum Gasteiger partial charge on any atom is 0.274 e. The van der Waals surface area contributed by atoms with Crippen LogP contribution in [-0.4, -0.2) is 76.9 Å². The van der Waals surface area contributed by atoms with Crippen LogP contribution in [-0.2, 0) is 21.1 Å². The van der Waals surface area contributed by atoms with E-state index in [1.807, 2.05) is 6.92 Å². The minimum absolute atomic E-state index is 0.0609. The highest BCUT2D eigenvalue weighted by atomic mass is 32.2. The number of sulfone groups is 1. The van der Waals surface area contributed by atoms with E-state index in [1.54, 1.807) is 29.7 Å². The summed E-state index contributed by atoms with van der Waals surface area (Å²) in [5, 5.41) is 6.96. The molecule has 0 spiro atoms. The summed E-state index contributed by atoms with van der Waals surface area (Å²) < 4.78 is 24.5. The number of nitrogens with one attached hydrogen (secondary N) is 1. The van der Waals surface area contributed by atoms with Gasteiger partial charge in [0.15, 0.2) is 9.84 Å². The van der Waals surface area contributed by atoms with E-state index in [-0.39, 0.29) is 29.2 Å². The number of carbonyl (C=O) groups excluding carboxylic acids is 2. The number of carbonyl (C=O) groups is 2. The van der Waals surface area contributed by atoms with Crippen molar-refractivity contribution in [3.63, 3.8) is 0 Å². The molecule has 8 nitrogen and oxygen atoms in total. The first-order chi connectivity index (χ1) is 12.2. The van der Waals surface area contributed by atoms with E-state index in [1.165, 1.54) is 0 Å². The smallest absolute Gasteiger partial charge is 0.274 e. The number of nitrogens with zero attached hydrogens (tertiary/aromatic N) is 3. The van der Waals surface area contributed by atoms with Crippen molar-refractivity contribution < 1.29 is 18.0 Å². The zero-order valence-corrected chi connectivity index (χ0v) is 16.3. The molecule has 0 radical (unpaired) electrons. The van der Waals surface area contributed by atoms with Crippen LogP contribution in [0.4, 0.5) is 0 Å². The summed E-state index contributed by atoms with van der Waals surface area (Å²) in [5.74, 6) is -0.718. The van der Waals surface area contributed by atoms with Gasteiger partial charge in [-0.3, -0.25) is 14.7 Å². The summed E-state index contributed by atoms with van der Waals surface area (Å²) in [5.41, 5.74) is 1.19. The molecule has 9 heteroatoms. The molecule has 0 saturated carbocycles. The van der Waals surface area contributed by atoms with E-state index in [0.717, 1.165) is 18.5 Å². The first-order valence-electron chi connectivity index (χ1n) is 9.09. The van der Waals surface area contributed by atoms with Crippen LogP contribution >= 0.6 is 0 Å². The van der Waals surface area contributed by atoms with Crippen molar-refractivity contribution in [3.8, 4) is 0 Å². The lowest BCUT2D eigenvalue weighted by Gasteiger charge is -2.44. The molecule has 1 aromatic rings. The third kappa shape index (κ3) is 3.49. The monoisotopic (exact) mass is 382 g/mol. The molecule has 2 aliphatic rings. The largest absolute Gasteiger partial charge is 0.335 e. The Balaban J connectivity index is 1.85. The highest BCUT2D eigenvalue weighted by Gasteiger charge is 2.49. The average molecular weight is 382 g/mol. The molecule has 144 valence electrons. The predicted octanol–water partition coefficient (Wildman–Crippen LogP) is 0.468. The number of aryl methyl sites for hydroxylation is 1. The Labute approximate surface area is 153 Å². The van der Waals surface area contributed by atoms with Crippen molar-refractivity contribution in [2.45, 2.75) is 45.7 Å². The first-order valence-corrected chi connectivity index (χ1v) is 10.9. The molecule has 2 atom stereocenters. The Morgan fingerprint density at radius 2 is 1.85 bits per heavy atom. The van der Waals surface area contributed by atoms with Crippen molar-refractivity contribution in [2.75, 3.05) is 24.6 Å². The molecule has 2 fully saturated rings. The molecule has 0 aliphatic carbocycles. The Bertz CT molecular complexity index is 801. The van der Waals surface area contributed by atoms with Gasteiger partial charge < -0.3 is 9.80 Å². The van der Waals surface area contributed by atoms with E-state index in [0.29, 0.717) is 18.8 Å². The van der Waals surface area contributed by atoms with Gasteiger partial charge in [-0.25, -0.2) is 8.42 Å². The van der Waals surface area contributed by atoms with Crippen molar-refractivity contribution in [3.05, 3.63) is 17.5 Å². The van der Waals surface area contributed by atoms with E-state index < -0.39 is 21.9 Å². The Kier molecular flexibility index (Phi) is 5.09. The van der Waals surface area contributed by atoms with Gasteiger partial charge in [-0.15, -0.1) is 0 Å². The number of aromatic nitrogens is 2.